The van der Waals surface area contributed by atoms with Gasteiger partial charge in [-0.25, -0.2) is 0 Å². The van der Waals surface area contributed by atoms with E-state index in [4.69, 9.17) is 0 Å². The van der Waals surface area contributed by atoms with E-state index in [1.54, 1.807) is 0 Å². The maximum Gasteiger partial charge on any atom is 0.00747 e. The molecule has 2 aliphatic carbocycles. The van der Waals surface area contributed by atoms with Crippen LogP contribution in [0.25, 0.3) is 0 Å². The Bertz CT molecular complexity index is 196. The van der Waals surface area contributed by atoms with Gasteiger partial charge < -0.3 is 5.32 Å². The lowest BCUT2D eigenvalue weighted by molar-refractivity contribution is 0.211. The van der Waals surface area contributed by atoms with E-state index in [1.807, 2.05) is 0 Å². The highest BCUT2D eigenvalue weighted by molar-refractivity contribution is 4.85. The quantitative estimate of drug-likeness (QED) is 0.724. The topological polar surface area (TPSA) is 12.0 Å². The molecule has 0 aromatic rings. The Hall–Kier alpha value is -0.0400. The zero-order valence-electron chi connectivity index (χ0n) is 12.4. The lowest BCUT2D eigenvalue weighted by Crippen LogP contribution is -2.45. The van der Waals surface area contributed by atoms with Crippen molar-refractivity contribution in [2.45, 2.75) is 102 Å². The highest BCUT2D eigenvalue weighted by atomic mass is 15.0. The van der Waals surface area contributed by atoms with Gasteiger partial charge in [-0.2, -0.15) is 0 Å². The Kier molecular flexibility index (Phi) is 6.54. The van der Waals surface area contributed by atoms with Crippen LogP contribution < -0.4 is 5.32 Å². The maximum atomic E-state index is 3.94. The fraction of sp³-hybridized carbons (Fsp3) is 1.00. The molecule has 18 heavy (non-hydrogen) atoms. The Morgan fingerprint density at radius 3 is 1.50 bits per heavy atom. The minimum atomic E-state index is 0.835. The Balaban J connectivity index is 1.67. The van der Waals surface area contributed by atoms with Crippen molar-refractivity contribution in [3.8, 4) is 0 Å². The van der Waals surface area contributed by atoms with Crippen molar-refractivity contribution in [1.29, 1.82) is 0 Å². The molecule has 0 radical (unpaired) electrons. The monoisotopic (exact) mass is 251 g/mol. The molecular formula is C17H33N. The fourth-order valence-electron chi connectivity index (χ4n) is 3.70. The van der Waals surface area contributed by atoms with Crippen molar-refractivity contribution < 1.29 is 0 Å². The van der Waals surface area contributed by atoms with Gasteiger partial charge in [0.1, 0.15) is 0 Å². The summed E-state index contributed by atoms with van der Waals surface area (Å²) in [5.74, 6) is 0.980. The average Bonchev–Trinajstić information content (AvgIpc) is 2.30. The van der Waals surface area contributed by atoms with E-state index >= 15 is 0 Å². The molecule has 1 N–H and O–H groups in total. The van der Waals surface area contributed by atoms with Crippen LogP contribution in [0.4, 0.5) is 0 Å². The van der Waals surface area contributed by atoms with E-state index in [9.17, 15) is 0 Å². The van der Waals surface area contributed by atoms with Gasteiger partial charge in [0.25, 0.3) is 0 Å². The molecule has 0 amide bonds. The molecule has 1 heteroatoms. The van der Waals surface area contributed by atoms with E-state index in [1.165, 1.54) is 83.5 Å². The van der Waals surface area contributed by atoms with Crippen LogP contribution in [0.2, 0.25) is 0 Å². The second-order valence-electron chi connectivity index (χ2n) is 6.90. The minimum absolute atomic E-state index is 0.835. The van der Waals surface area contributed by atoms with Gasteiger partial charge in [-0.1, -0.05) is 64.7 Å². The molecule has 106 valence electrons. The van der Waals surface area contributed by atoms with Gasteiger partial charge in [0.05, 0.1) is 0 Å². The van der Waals surface area contributed by atoms with Gasteiger partial charge in [0.2, 0.25) is 0 Å². The lowest BCUT2D eigenvalue weighted by Gasteiger charge is -2.37. The summed E-state index contributed by atoms with van der Waals surface area (Å²) in [5.41, 5.74) is 0. The van der Waals surface area contributed by atoms with Crippen LogP contribution in [0.3, 0.4) is 0 Å². The second kappa shape index (κ2) is 8.19. The van der Waals surface area contributed by atoms with Crippen LogP contribution in [-0.2, 0) is 0 Å². The summed E-state index contributed by atoms with van der Waals surface area (Å²) in [5, 5.41) is 3.94. The molecule has 0 atom stereocenters. The third-order valence-electron chi connectivity index (χ3n) is 4.95. The van der Waals surface area contributed by atoms with Crippen LogP contribution in [0.5, 0.6) is 0 Å². The molecule has 0 spiro atoms. The highest BCUT2D eigenvalue weighted by Gasteiger charge is 2.26. The lowest BCUT2D eigenvalue weighted by atomic mass is 9.81. The molecule has 0 heterocycles. The van der Waals surface area contributed by atoms with Crippen molar-refractivity contribution in [3.63, 3.8) is 0 Å². The third-order valence-corrected chi connectivity index (χ3v) is 4.95. The minimum Gasteiger partial charge on any atom is -0.311 e. The molecule has 0 aliphatic heterocycles. The Morgan fingerprint density at radius 2 is 1.06 bits per heavy atom. The van der Waals surface area contributed by atoms with E-state index in [2.05, 4.69) is 12.2 Å². The number of nitrogens with one attached hydrogen (secondary N) is 1. The largest absolute Gasteiger partial charge is 0.311 e. The average molecular weight is 251 g/mol. The summed E-state index contributed by atoms with van der Waals surface area (Å²) >= 11 is 0. The molecule has 2 fully saturated rings. The maximum absolute atomic E-state index is 3.94. The molecule has 0 saturated heterocycles. The molecule has 0 aromatic carbocycles. The van der Waals surface area contributed by atoms with E-state index < -0.39 is 0 Å². The van der Waals surface area contributed by atoms with Crippen LogP contribution in [-0.4, -0.2) is 12.1 Å². The van der Waals surface area contributed by atoms with Crippen LogP contribution in [0.15, 0.2) is 0 Å². The zero-order chi connectivity index (χ0) is 12.6. The molecule has 2 rings (SSSR count). The van der Waals surface area contributed by atoms with Gasteiger partial charge in [-0.3, -0.25) is 0 Å². The van der Waals surface area contributed by atoms with Crippen LogP contribution in [0.1, 0.15) is 90.4 Å². The van der Waals surface area contributed by atoms with Crippen molar-refractivity contribution in [2.75, 3.05) is 0 Å². The van der Waals surface area contributed by atoms with Gasteiger partial charge in [-0.15, -0.1) is 0 Å². The van der Waals surface area contributed by atoms with Crippen molar-refractivity contribution in [1.82, 2.24) is 5.32 Å². The van der Waals surface area contributed by atoms with Crippen molar-refractivity contribution in [3.05, 3.63) is 0 Å². The van der Waals surface area contributed by atoms with Gasteiger partial charge in [-0.05, 0) is 31.6 Å². The zero-order valence-corrected chi connectivity index (χ0v) is 12.4. The molecule has 0 bridgehead atoms. The predicted molar refractivity (Wildman–Crippen MR) is 79.9 cm³/mol. The van der Waals surface area contributed by atoms with Crippen molar-refractivity contribution >= 4 is 0 Å². The Labute approximate surface area is 114 Å². The molecular weight excluding hydrogens is 218 g/mol. The molecule has 0 aromatic heterocycles. The predicted octanol–water partition coefficient (Wildman–Crippen LogP) is 5.05. The normalized spacial score (nSPS) is 33.2. The number of rotatable bonds is 2. The summed E-state index contributed by atoms with van der Waals surface area (Å²) in [6.45, 7) is 2.39. The van der Waals surface area contributed by atoms with E-state index in [0.717, 1.165) is 18.0 Å². The first kappa shape index (κ1) is 14.4. The van der Waals surface area contributed by atoms with Gasteiger partial charge in [0.15, 0.2) is 0 Å². The fourth-order valence-corrected chi connectivity index (χ4v) is 3.70. The summed E-state index contributed by atoms with van der Waals surface area (Å²) in [7, 11) is 0. The van der Waals surface area contributed by atoms with Crippen LogP contribution >= 0.6 is 0 Å². The third kappa shape index (κ3) is 5.30. The first-order valence-electron chi connectivity index (χ1n) is 8.60. The first-order valence-corrected chi connectivity index (χ1v) is 8.60. The summed E-state index contributed by atoms with van der Waals surface area (Å²) < 4.78 is 0. The smallest absolute Gasteiger partial charge is 0.00747 e. The molecule has 0 unspecified atom stereocenters. The highest BCUT2D eigenvalue weighted by Crippen LogP contribution is 2.28. The SMILES string of the molecule is CC1CC(NC2CCCCCCCCCCC2)C1. The number of hydrogen-bond acceptors (Lipinski definition) is 1. The molecule has 2 aliphatic rings. The van der Waals surface area contributed by atoms with Gasteiger partial charge >= 0.3 is 0 Å². The molecule has 1 nitrogen and oxygen atoms in total. The van der Waals surface area contributed by atoms with Crippen LogP contribution in [0, 0.1) is 5.92 Å². The Morgan fingerprint density at radius 1 is 0.611 bits per heavy atom. The van der Waals surface area contributed by atoms with E-state index in [0.29, 0.717) is 0 Å². The van der Waals surface area contributed by atoms with E-state index in [-0.39, 0.29) is 0 Å². The summed E-state index contributed by atoms with van der Waals surface area (Å²) in [4.78, 5) is 0. The summed E-state index contributed by atoms with van der Waals surface area (Å²) in [6.07, 6.45) is 19.0. The second-order valence-corrected chi connectivity index (χ2v) is 6.90. The van der Waals surface area contributed by atoms with Crippen molar-refractivity contribution in [2.24, 2.45) is 5.92 Å². The molecule has 2 saturated carbocycles. The summed E-state index contributed by atoms with van der Waals surface area (Å²) in [6, 6.07) is 1.69. The first-order chi connectivity index (χ1) is 8.84. The van der Waals surface area contributed by atoms with Gasteiger partial charge in [0, 0.05) is 12.1 Å². The standard InChI is InChI=1S/C17H33N/c1-15-13-17(14-15)18-16-11-9-7-5-3-2-4-6-8-10-12-16/h15-18H,2-14H2,1H3. The number of hydrogen-bond donors (Lipinski definition) is 1.